The second kappa shape index (κ2) is 5.61. The molecule has 0 saturated heterocycles. The Bertz CT molecular complexity index is 506. The zero-order valence-electron chi connectivity index (χ0n) is 11.4. The Labute approximate surface area is 117 Å². The summed E-state index contributed by atoms with van der Waals surface area (Å²) in [5, 5.41) is 8.82. The molecule has 1 aliphatic carbocycles. The van der Waals surface area contributed by atoms with Crippen molar-refractivity contribution in [1.82, 2.24) is 4.90 Å². The summed E-state index contributed by atoms with van der Waals surface area (Å²) in [5.41, 5.74) is 0.0800. The van der Waals surface area contributed by atoms with Crippen molar-refractivity contribution in [3.8, 4) is 0 Å². The van der Waals surface area contributed by atoms with Gasteiger partial charge in [0, 0.05) is 7.05 Å². The largest absolute Gasteiger partial charge is 0.480 e. The standard InChI is InChI=1S/C15H18FNO3/c1-17(10-13(18)19)14(20)15(8-2-3-9-15)11-4-6-12(16)7-5-11/h4-7H,2-3,8-10H2,1H3,(H,18,19). The molecule has 108 valence electrons. The maximum atomic E-state index is 13.1. The molecule has 0 spiro atoms. The van der Waals surface area contributed by atoms with Crippen LogP contribution in [-0.4, -0.2) is 35.5 Å². The number of hydrogen-bond donors (Lipinski definition) is 1. The number of halogens is 1. The highest BCUT2D eigenvalue weighted by Gasteiger charge is 2.44. The van der Waals surface area contributed by atoms with E-state index in [9.17, 15) is 14.0 Å². The first-order valence-electron chi connectivity index (χ1n) is 6.69. The molecule has 0 radical (unpaired) electrons. The number of likely N-dealkylation sites (N-methyl/N-ethyl adjacent to an activating group) is 1. The summed E-state index contributed by atoms with van der Waals surface area (Å²) in [6.07, 6.45) is 3.21. The molecule has 0 atom stereocenters. The Morgan fingerprint density at radius 1 is 1.25 bits per heavy atom. The topological polar surface area (TPSA) is 57.6 Å². The van der Waals surface area contributed by atoms with Crippen molar-refractivity contribution in [1.29, 1.82) is 0 Å². The van der Waals surface area contributed by atoms with E-state index in [0.717, 1.165) is 18.4 Å². The molecule has 0 unspecified atom stereocenters. The minimum Gasteiger partial charge on any atom is -0.480 e. The number of aliphatic carboxylic acids is 1. The van der Waals surface area contributed by atoms with Gasteiger partial charge in [-0.05, 0) is 30.5 Å². The third-order valence-electron chi connectivity index (χ3n) is 3.98. The van der Waals surface area contributed by atoms with Crippen LogP contribution in [0.15, 0.2) is 24.3 Å². The van der Waals surface area contributed by atoms with Crippen molar-refractivity contribution in [2.75, 3.05) is 13.6 Å². The lowest BCUT2D eigenvalue weighted by atomic mass is 9.77. The lowest BCUT2D eigenvalue weighted by Crippen LogP contribution is -2.45. The zero-order chi connectivity index (χ0) is 14.8. The first kappa shape index (κ1) is 14.5. The molecule has 1 aromatic rings. The third kappa shape index (κ3) is 2.66. The van der Waals surface area contributed by atoms with Crippen LogP contribution in [0.5, 0.6) is 0 Å². The smallest absolute Gasteiger partial charge is 0.323 e. The van der Waals surface area contributed by atoms with Crippen LogP contribution in [0.3, 0.4) is 0 Å². The molecular weight excluding hydrogens is 261 g/mol. The van der Waals surface area contributed by atoms with Gasteiger partial charge in [-0.1, -0.05) is 25.0 Å². The van der Waals surface area contributed by atoms with Crippen molar-refractivity contribution in [2.45, 2.75) is 31.1 Å². The molecule has 0 aliphatic heterocycles. The van der Waals surface area contributed by atoms with Gasteiger partial charge in [-0.15, -0.1) is 0 Å². The molecule has 0 aromatic heterocycles. The van der Waals surface area contributed by atoms with Crippen molar-refractivity contribution < 1.29 is 19.1 Å². The summed E-state index contributed by atoms with van der Waals surface area (Å²) < 4.78 is 13.1. The molecular formula is C15H18FNO3. The molecule has 2 rings (SSSR count). The normalized spacial score (nSPS) is 16.9. The molecule has 1 aliphatic rings. The quantitative estimate of drug-likeness (QED) is 0.919. The molecule has 5 heteroatoms. The Balaban J connectivity index is 2.32. The van der Waals surface area contributed by atoms with E-state index in [2.05, 4.69) is 0 Å². The highest BCUT2D eigenvalue weighted by Crippen LogP contribution is 2.42. The number of amides is 1. The molecule has 1 fully saturated rings. The Kier molecular flexibility index (Phi) is 4.06. The molecule has 0 bridgehead atoms. The summed E-state index contributed by atoms with van der Waals surface area (Å²) in [4.78, 5) is 24.7. The Morgan fingerprint density at radius 2 is 1.80 bits per heavy atom. The summed E-state index contributed by atoms with van der Waals surface area (Å²) in [7, 11) is 1.50. The molecule has 0 heterocycles. The van der Waals surface area contributed by atoms with E-state index in [1.165, 1.54) is 24.1 Å². The van der Waals surface area contributed by atoms with Gasteiger partial charge in [-0.3, -0.25) is 9.59 Å². The van der Waals surface area contributed by atoms with Gasteiger partial charge >= 0.3 is 5.97 Å². The van der Waals surface area contributed by atoms with Crippen LogP contribution < -0.4 is 0 Å². The van der Waals surface area contributed by atoms with Gasteiger partial charge in [0.25, 0.3) is 0 Å². The summed E-state index contributed by atoms with van der Waals surface area (Å²) in [6.45, 7) is -0.318. The van der Waals surface area contributed by atoms with Crippen LogP contribution in [0.25, 0.3) is 0 Å². The Morgan fingerprint density at radius 3 is 2.30 bits per heavy atom. The van der Waals surface area contributed by atoms with Gasteiger partial charge in [0.05, 0.1) is 5.41 Å². The molecule has 1 aromatic carbocycles. The van der Waals surface area contributed by atoms with Crippen LogP contribution in [0, 0.1) is 5.82 Å². The lowest BCUT2D eigenvalue weighted by Gasteiger charge is -2.32. The van der Waals surface area contributed by atoms with Gasteiger partial charge in [0.1, 0.15) is 12.4 Å². The second-order valence-corrected chi connectivity index (χ2v) is 5.35. The number of carboxylic acids is 1. The number of rotatable bonds is 4. The van der Waals surface area contributed by atoms with E-state index in [1.807, 2.05) is 0 Å². The first-order chi connectivity index (χ1) is 9.45. The van der Waals surface area contributed by atoms with Crippen LogP contribution in [-0.2, 0) is 15.0 Å². The minimum atomic E-state index is -1.03. The minimum absolute atomic E-state index is 0.191. The molecule has 20 heavy (non-hydrogen) atoms. The van der Waals surface area contributed by atoms with Crippen LogP contribution in [0.2, 0.25) is 0 Å². The molecule has 1 saturated carbocycles. The average Bonchev–Trinajstić information content (AvgIpc) is 2.88. The van der Waals surface area contributed by atoms with E-state index in [4.69, 9.17) is 5.11 Å². The Hall–Kier alpha value is -1.91. The second-order valence-electron chi connectivity index (χ2n) is 5.35. The predicted octanol–water partition coefficient (Wildman–Crippen LogP) is 2.18. The van der Waals surface area contributed by atoms with Gasteiger partial charge < -0.3 is 10.0 Å². The van der Waals surface area contributed by atoms with E-state index in [1.54, 1.807) is 12.1 Å². The van der Waals surface area contributed by atoms with Crippen molar-refractivity contribution in [3.63, 3.8) is 0 Å². The molecule has 1 amide bonds. The fourth-order valence-electron chi connectivity index (χ4n) is 3.01. The van der Waals surface area contributed by atoms with Crippen molar-refractivity contribution in [2.24, 2.45) is 0 Å². The summed E-state index contributed by atoms with van der Waals surface area (Å²) in [5.74, 6) is -1.56. The fraction of sp³-hybridized carbons (Fsp3) is 0.467. The van der Waals surface area contributed by atoms with Gasteiger partial charge in [0.2, 0.25) is 5.91 Å². The van der Waals surface area contributed by atoms with Crippen molar-refractivity contribution in [3.05, 3.63) is 35.6 Å². The zero-order valence-corrected chi connectivity index (χ0v) is 11.4. The first-order valence-corrected chi connectivity index (χ1v) is 6.69. The number of benzene rings is 1. The average molecular weight is 279 g/mol. The molecule has 4 nitrogen and oxygen atoms in total. The van der Waals surface area contributed by atoms with E-state index >= 15 is 0 Å². The summed E-state index contributed by atoms with van der Waals surface area (Å²) in [6, 6.07) is 5.96. The van der Waals surface area contributed by atoms with Crippen molar-refractivity contribution >= 4 is 11.9 Å². The maximum Gasteiger partial charge on any atom is 0.323 e. The highest BCUT2D eigenvalue weighted by molar-refractivity contribution is 5.90. The van der Waals surface area contributed by atoms with Crippen LogP contribution in [0.4, 0.5) is 4.39 Å². The van der Waals surface area contributed by atoms with Crippen LogP contribution in [0.1, 0.15) is 31.2 Å². The van der Waals surface area contributed by atoms with E-state index < -0.39 is 11.4 Å². The number of carbonyl (C=O) groups excluding carboxylic acids is 1. The van der Waals surface area contributed by atoms with Gasteiger partial charge in [0.15, 0.2) is 0 Å². The maximum absolute atomic E-state index is 13.1. The number of carboxylic acid groups (broad SMARTS) is 1. The monoisotopic (exact) mass is 279 g/mol. The molecule has 1 N–H and O–H groups in total. The SMILES string of the molecule is CN(CC(=O)O)C(=O)C1(c2ccc(F)cc2)CCCC1. The lowest BCUT2D eigenvalue weighted by molar-refractivity contribution is -0.146. The van der Waals surface area contributed by atoms with Gasteiger partial charge in [-0.2, -0.15) is 0 Å². The number of hydrogen-bond acceptors (Lipinski definition) is 2. The predicted molar refractivity (Wildman–Crippen MR) is 71.8 cm³/mol. The van der Waals surface area contributed by atoms with Gasteiger partial charge in [-0.25, -0.2) is 4.39 Å². The fourth-order valence-corrected chi connectivity index (χ4v) is 3.01. The highest BCUT2D eigenvalue weighted by atomic mass is 19.1. The van der Waals surface area contributed by atoms with Crippen LogP contribution >= 0.6 is 0 Å². The third-order valence-corrected chi connectivity index (χ3v) is 3.98. The summed E-state index contributed by atoms with van der Waals surface area (Å²) >= 11 is 0. The van der Waals surface area contributed by atoms with E-state index in [0.29, 0.717) is 12.8 Å². The van der Waals surface area contributed by atoms with E-state index in [-0.39, 0.29) is 18.3 Å². The number of carbonyl (C=O) groups is 2. The number of nitrogens with zero attached hydrogens (tertiary/aromatic N) is 1.